The highest BCUT2D eigenvalue weighted by molar-refractivity contribution is 6.41. The van der Waals surface area contributed by atoms with Crippen molar-refractivity contribution in [3.05, 3.63) is 152 Å². The van der Waals surface area contributed by atoms with E-state index >= 15 is 0 Å². The lowest BCUT2D eigenvalue weighted by Gasteiger charge is -2.33. The lowest BCUT2D eigenvalue weighted by atomic mass is 9.95. The van der Waals surface area contributed by atoms with Crippen molar-refractivity contribution in [3.63, 3.8) is 0 Å². The maximum atomic E-state index is 14.5. The van der Waals surface area contributed by atoms with Crippen LogP contribution in [0, 0.1) is 23.3 Å². The standard InChI is InChI=1S/C21H14Cl2F2N2O2.C20H12Cl2F2N2O2/c1-29-12-8-14(13-6-5-11(24)7-18(13)25)15-10-26-21(28)27(19(15)9-12)20-16(22)3-2-4-17(20)23;21-15-2-1-3-16(22)19(15)26-18-8-11(27)7-13(14(18)9-25-20(26)28)12-5-4-10(23)6-17(12)24/h2-9H,10H2,1H3,(H,26,28);1-8,27H,9H2,(H,25,28). The normalized spacial score (nSPS) is 13.2. The van der Waals surface area contributed by atoms with Crippen molar-refractivity contribution in [1.82, 2.24) is 10.6 Å². The molecular formula is C41H26Cl4F4N4O4. The minimum atomic E-state index is -0.785. The Balaban J connectivity index is 0.000000174. The van der Waals surface area contributed by atoms with Crippen LogP contribution < -0.4 is 25.2 Å². The summed E-state index contributed by atoms with van der Waals surface area (Å²) in [5, 5.41) is 16.7. The van der Waals surface area contributed by atoms with Crippen LogP contribution in [-0.2, 0) is 13.1 Å². The van der Waals surface area contributed by atoms with Crippen LogP contribution in [0.25, 0.3) is 22.3 Å². The number of fused-ring (bicyclic) bond motifs is 2. The molecule has 0 fully saturated rings. The fourth-order valence-electron chi connectivity index (χ4n) is 6.61. The number of hydrogen-bond acceptors (Lipinski definition) is 4. The van der Waals surface area contributed by atoms with E-state index in [0.717, 1.165) is 18.2 Å². The number of phenolic OH excluding ortho intramolecular Hbond substituents is 1. The van der Waals surface area contributed by atoms with E-state index in [9.17, 15) is 32.3 Å². The van der Waals surface area contributed by atoms with Crippen LogP contribution in [0.4, 0.5) is 49.9 Å². The van der Waals surface area contributed by atoms with Gasteiger partial charge in [-0.2, -0.15) is 0 Å². The molecule has 0 radical (unpaired) electrons. The highest BCUT2D eigenvalue weighted by Gasteiger charge is 2.33. The second-order valence-corrected chi connectivity index (χ2v) is 14.2. The maximum Gasteiger partial charge on any atom is 0.326 e. The first-order chi connectivity index (χ1) is 27.3. The zero-order valence-corrected chi connectivity index (χ0v) is 32.3. The number of phenols is 1. The van der Waals surface area contributed by atoms with Crippen molar-refractivity contribution < 1.29 is 37.0 Å². The van der Waals surface area contributed by atoms with Crippen LogP contribution in [0.5, 0.6) is 11.5 Å². The maximum absolute atomic E-state index is 14.5. The van der Waals surface area contributed by atoms with Crippen molar-refractivity contribution in [3.8, 4) is 33.8 Å². The first-order valence-corrected chi connectivity index (χ1v) is 18.3. The van der Waals surface area contributed by atoms with Gasteiger partial charge in [0, 0.05) is 59.6 Å². The Bertz CT molecular complexity index is 2570. The summed E-state index contributed by atoms with van der Waals surface area (Å²) in [5.74, 6) is -2.70. The predicted octanol–water partition coefficient (Wildman–Crippen LogP) is 12.3. The number of para-hydroxylation sites is 2. The monoisotopic (exact) mass is 854 g/mol. The molecule has 4 amide bonds. The van der Waals surface area contributed by atoms with Crippen LogP contribution in [0.1, 0.15) is 11.1 Å². The lowest BCUT2D eigenvalue weighted by molar-refractivity contribution is 0.246. The molecule has 0 saturated heterocycles. The number of nitrogens with zero attached hydrogens (tertiary/aromatic N) is 2. The molecule has 0 aromatic heterocycles. The third-order valence-corrected chi connectivity index (χ3v) is 10.4. The Morgan fingerprint density at radius 2 is 1.00 bits per heavy atom. The number of carbonyl (C=O) groups is 2. The number of benzene rings is 6. The van der Waals surface area contributed by atoms with Crippen LogP contribution in [0.2, 0.25) is 20.1 Å². The van der Waals surface area contributed by atoms with Crippen LogP contribution >= 0.6 is 46.4 Å². The van der Waals surface area contributed by atoms with Crippen molar-refractivity contribution in [2.75, 3.05) is 16.9 Å². The Labute approximate surface area is 342 Å². The van der Waals surface area contributed by atoms with Gasteiger partial charge in [-0.3, -0.25) is 9.80 Å². The van der Waals surface area contributed by atoms with Gasteiger partial charge >= 0.3 is 12.1 Å². The SMILES string of the molecule is COc1cc(-c2ccc(F)cc2F)c2c(c1)N(c1c(Cl)cccc1Cl)C(=O)NC2.O=C1NCc2c(-c3ccc(F)cc3F)cc(O)cc2N1c1c(Cl)cccc1Cl. The predicted molar refractivity (Wildman–Crippen MR) is 213 cm³/mol. The summed E-state index contributed by atoms with van der Waals surface area (Å²) in [6.45, 7) is 0.224. The molecule has 16 heteroatoms. The summed E-state index contributed by atoms with van der Waals surface area (Å²) in [6.07, 6.45) is 0. The quantitative estimate of drug-likeness (QED) is 0.151. The number of aromatic hydroxyl groups is 1. The number of halogens is 8. The third kappa shape index (κ3) is 7.61. The van der Waals surface area contributed by atoms with E-state index in [-0.39, 0.29) is 55.7 Å². The average molecular weight is 856 g/mol. The number of rotatable bonds is 5. The van der Waals surface area contributed by atoms with Gasteiger partial charge in [0.15, 0.2) is 0 Å². The summed E-state index contributed by atoms with van der Waals surface area (Å²) in [6, 6.07) is 21.3. The Morgan fingerprint density at radius 1 is 0.579 bits per heavy atom. The van der Waals surface area contributed by atoms with Gasteiger partial charge in [-0.1, -0.05) is 58.5 Å². The number of carbonyl (C=O) groups excluding carboxylic acids is 2. The zero-order chi connectivity index (χ0) is 40.7. The van der Waals surface area contributed by atoms with Crippen molar-refractivity contribution in [2.45, 2.75) is 13.1 Å². The van der Waals surface area contributed by atoms with Gasteiger partial charge in [-0.05, 0) is 71.8 Å². The highest BCUT2D eigenvalue weighted by Crippen LogP contribution is 2.47. The molecule has 2 aliphatic heterocycles. The molecule has 0 bridgehead atoms. The summed E-state index contributed by atoms with van der Waals surface area (Å²) < 4.78 is 61.0. The number of anilines is 4. The fourth-order valence-corrected chi connectivity index (χ4v) is 7.74. The molecule has 8 rings (SSSR count). The van der Waals surface area contributed by atoms with Crippen LogP contribution in [0.3, 0.4) is 0 Å². The molecule has 6 aromatic rings. The molecule has 290 valence electrons. The van der Waals surface area contributed by atoms with Gasteiger partial charge in [0.05, 0.1) is 49.9 Å². The van der Waals surface area contributed by atoms with Crippen molar-refractivity contribution in [2.24, 2.45) is 0 Å². The first kappa shape index (κ1) is 39.6. The summed E-state index contributed by atoms with van der Waals surface area (Å²) in [5.41, 5.74) is 3.49. The number of ether oxygens (including phenoxy) is 1. The van der Waals surface area contributed by atoms with Gasteiger partial charge in [-0.25, -0.2) is 27.2 Å². The van der Waals surface area contributed by atoms with E-state index < -0.39 is 35.3 Å². The first-order valence-electron chi connectivity index (χ1n) is 16.8. The number of amides is 4. The second kappa shape index (κ2) is 16.1. The average Bonchev–Trinajstić information content (AvgIpc) is 3.16. The van der Waals surface area contributed by atoms with E-state index in [1.165, 1.54) is 47.2 Å². The molecule has 0 saturated carbocycles. The minimum absolute atomic E-state index is 0.0825. The lowest BCUT2D eigenvalue weighted by Crippen LogP contribution is -2.41. The number of urea groups is 2. The van der Waals surface area contributed by atoms with E-state index in [1.807, 2.05) is 0 Å². The van der Waals surface area contributed by atoms with Gasteiger partial charge in [0.2, 0.25) is 0 Å². The summed E-state index contributed by atoms with van der Waals surface area (Å²) in [7, 11) is 1.46. The Kier molecular flexibility index (Phi) is 11.2. The number of nitrogens with one attached hydrogen (secondary N) is 2. The van der Waals surface area contributed by atoms with Gasteiger partial charge in [-0.15, -0.1) is 0 Å². The van der Waals surface area contributed by atoms with Crippen molar-refractivity contribution in [1.29, 1.82) is 0 Å². The van der Waals surface area contributed by atoms with E-state index in [1.54, 1.807) is 48.5 Å². The van der Waals surface area contributed by atoms with Gasteiger partial charge in [0.25, 0.3) is 0 Å². The summed E-state index contributed by atoms with van der Waals surface area (Å²) in [4.78, 5) is 27.9. The topological polar surface area (TPSA) is 94.1 Å². The van der Waals surface area contributed by atoms with E-state index in [0.29, 0.717) is 45.1 Å². The van der Waals surface area contributed by atoms with Crippen LogP contribution in [0.15, 0.2) is 97.1 Å². The largest absolute Gasteiger partial charge is 0.508 e. The molecule has 57 heavy (non-hydrogen) atoms. The van der Waals surface area contributed by atoms with Crippen LogP contribution in [-0.4, -0.2) is 24.3 Å². The number of methoxy groups -OCH3 is 1. The van der Waals surface area contributed by atoms with Crippen molar-refractivity contribution >= 4 is 81.2 Å². The molecule has 6 aromatic carbocycles. The molecule has 0 aliphatic carbocycles. The molecule has 3 N–H and O–H groups in total. The van der Waals surface area contributed by atoms with Gasteiger partial charge in [0.1, 0.15) is 34.8 Å². The highest BCUT2D eigenvalue weighted by atomic mass is 35.5. The van der Waals surface area contributed by atoms with E-state index in [4.69, 9.17) is 51.1 Å². The molecule has 2 heterocycles. The Hall–Kier alpha value is -5.66. The molecular weight excluding hydrogens is 830 g/mol. The molecule has 2 aliphatic rings. The van der Waals surface area contributed by atoms with E-state index in [2.05, 4.69) is 10.6 Å². The smallest absolute Gasteiger partial charge is 0.326 e. The molecule has 0 spiro atoms. The summed E-state index contributed by atoms with van der Waals surface area (Å²) >= 11 is 25.2. The zero-order valence-electron chi connectivity index (χ0n) is 29.2. The second-order valence-electron chi connectivity index (χ2n) is 12.5. The fraction of sp³-hybridized carbons (Fsp3) is 0.0732. The Morgan fingerprint density at radius 3 is 1.42 bits per heavy atom. The molecule has 0 atom stereocenters. The van der Waals surface area contributed by atoms with Gasteiger partial charge < -0.3 is 20.5 Å². The number of hydrogen-bond donors (Lipinski definition) is 3. The third-order valence-electron chi connectivity index (χ3n) is 9.13. The molecule has 0 unspecified atom stereocenters. The molecule has 8 nitrogen and oxygen atoms in total. The minimum Gasteiger partial charge on any atom is -0.508 e.